The standard InChI is InChI=1S/C22H29N3O2/c1-4-19-24-14-17(15-25-19)20(26)23-12-10-22(18-8-6-5-7-9-18)11-13-27-21(2,3)16-22/h5-9,14-15H,4,10-13,16H2,1-3H3,(H,23,26)/t22-/m1/s1. The molecule has 144 valence electrons. The van der Waals surface area contributed by atoms with Gasteiger partial charge in [-0.1, -0.05) is 37.3 Å². The molecule has 27 heavy (non-hydrogen) atoms. The number of nitrogens with one attached hydrogen (secondary N) is 1. The maximum absolute atomic E-state index is 12.4. The number of carbonyl (C=O) groups excluding carboxylic acids is 1. The van der Waals surface area contributed by atoms with Gasteiger partial charge in [0.1, 0.15) is 5.82 Å². The van der Waals surface area contributed by atoms with Gasteiger partial charge in [-0.3, -0.25) is 4.79 Å². The second-order valence-electron chi connectivity index (χ2n) is 7.93. The maximum Gasteiger partial charge on any atom is 0.254 e. The highest BCUT2D eigenvalue weighted by Crippen LogP contribution is 2.43. The number of nitrogens with zero attached hydrogens (tertiary/aromatic N) is 2. The minimum Gasteiger partial charge on any atom is -0.376 e. The summed E-state index contributed by atoms with van der Waals surface area (Å²) in [5.41, 5.74) is 1.68. The molecular weight excluding hydrogens is 338 g/mol. The van der Waals surface area contributed by atoms with Gasteiger partial charge in [0.2, 0.25) is 0 Å². The lowest BCUT2D eigenvalue weighted by molar-refractivity contribution is -0.0838. The van der Waals surface area contributed by atoms with Crippen molar-refractivity contribution < 1.29 is 9.53 Å². The molecule has 2 heterocycles. The average Bonchev–Trinajstić information content (AvgIpc) is 2.68. The third kappa shape index (κ3) is 4.72. The van der Waals surface area contributed by atoms with Gasteiger partial charge >= 0.3 is 0 Å². The topological polar surface area (TPSA) is 64.1 Å². The molecule has 1 aromatic heterocycles. The Morgan fingerprint density at radius 2 is 1.89 bits per heavy atom. The zero-order valence-electron chi connectivity index (χ0n) is 16.5. The van der Waals surface area contributed by atoms with Crippen LogP contribution in [0.5, 0.6) is 0 Å². The first-order chi connectivity index (χ1) is 12.9. The molecule has 0 radical (unpaired) electrons. The summed E-state index contributed by atoms with van der Waals surface area (Å²) in [5.74, 6) is 0.631. The van der Waals surface area contributed by atoms with E-state index in [1.54, 1.807) is 12.4 Å². The SMILES string of the molecule is CCc1ncc(C(=O)NCC[C@@]2(c3ccccc3)CCOC(C)(C)C2)cn1. The van der Waals surface area contributed by atoms with Gasteiger partial charge in [-0.05, 0) is 38.7 Å². The van der Waals surface area contributed by atoms with E-state index in [-0.39, 0.29) is 16.9 Å². The van der Waals surface area contributed by atoms with Crippen molar-refractivity contribution in [3.63, 3.8) is 0 Å². The second kappa shape index (κ2) is 8.17. The number of rotatable bonds is 6. The molecule has 3 rings (SSSR count). The van der Waals surface area contributed by atoms with E-state index in [4.69, 9.17) is 4.74 Å². The fourth-order valence-corrected chi connectivity index (χ4v) is 4.04. The largest absolute Gasteiger partial charge is 0.376 e. The van der Waals surface area contributed by atoms with Crippen molar-refractivity contribution in [2.45, 2.75) is 57.5 Å². The van der Waals surface area contributed by atoms with Crippen LogP contribution in [0.4, 0.5) is 0 Å². The lowest BCUT2D eigenvalue weighted by Crippen LogP contribution is -2.45. The van der Waals surface area contributed by atoms with Crippen LogP contribution in [-0.4, -0.2) is 34.6 Å². The van der Waals surface area contributed by atoms with Gasteiger partial charge in [-0.25, -0.2) is 9.97 Å². The van der Waals surface area contributed by atoms with Gasteiger partial charge in [-0.15, -0.1) is 0 Å². The van der Waals surface area contributed by atoms with Crippen LogP contribution in [0.3, 0.4) is 0 Å². The first-order valence-corrected chi connectivity index (χ1v) is 9.73. The summed E-state index contributed by atoms with van der Waals surface area (Å²) in [6.45, 7) is 7.64. The fourth-order valence-electron chi connectivity index (χ4n) is 4.04. The van der Waals surface area contributed by atoms with E-state index in [1.165, 1.54) is 5.56 Å². The molecule has 1 atom stereocenters. The monoisotopic (exact) mass is 367 g/mol. The van der Waals surface area contributed by atoms with Crippen molar-refractivity contribution in [3.8, 4) is 0 Å². The molecule has 0 saturated carbocycles. The molecule has 5 heteroatoms. The number of carbonyl (C=O) groups is 1. The van der Waals surface area contributed by atoms with Gasteiger partial charge < -0.3 is 10.1 Å². The average molecular weight is 367 g/mol. The summed E-state index contributed by atoms with van der Waals surface area (Å²) in [5, 5.41) is 3.05. The third-order valence-electron chi connectivity index (χ3n) is 5.40. The van der Waals surface area contributed by atoms with Gasteiger partial charge in [0.05, 0.1) is 11.2 Å². The maximum atomic E-state index is 12.4. The molecule has 1 saturated heterocycles. The number of aryl methyl sites for hydroxylation is 1. The quantitative estimate of drug-likeness (QED) is 0.846. The lowest BCUT2D eigenvalue weighted by atomic mass is 9.67. The predicted molar refractivity (Wildman–Crippen MR) is 106 cm³/mol. The van der Waals surface area contributed by atoms with Gasteiger partial charge in [0.25, 0.3) is 5.91 Å². The van der Waals surface area contributed by atoms with Crippen molar-refractivity contribution in [1.29, 1.82) is 0 Å². The molecule has 0 bridgehead atoms. The Labute approximate surface area is 161 Å². The van der Waals surface area contributed by atoms with E-state index in [0.29, 0.717) is 12.1 Å². The van der Waals surface area contributed by atoms with E-state index in [0.717, 1.165) is 38.1 Å². The second-order valence-corrected chi connectivity index (χ2v) is 7.93. The van der Waals surface area contributed by atoms with Crippen LogP contribution in [0.15, 0.2) is 42.7 Å². The zero-order valence-corrected chi connectivity index (χ0v) is 16.5. The first-order valence-electron chi connectivity index (χ1n) is 9.73. The van der Waals surface area contributed by atoms with Crippen LogP contribution in [0.2, 0.25) is 0 Å². The first kappa shape index (κ1) is 19.5. The third-order valence-corrected chi connectivity index (χ3v) is 5.40. The summed E-state index contributed by atoms with van der Waals surface area (Å²) < 4.78 is 5.96. The summed E-state index contributed by atoms with van der Waals surface area (Å²) in [6, 6.07) is 10.6. The zero-order chi connectivity index (χ0) is 19.3. The highest BCUT2D eigenvalue weighted by atomic mass is 16.5. The molecule has 1 N–H and O–H groups in total. The molecule has 1 aliphatic rings. The Morgan fingerprint density at radius 3 is 2.52 bits per heavy atom. The van der Waals surface area contributed by atoms with Crippen LogP contribution in [-0.2, 0) is 16.6 Å². The van der Waals surface area contributed by atoms with Crippen LogP contribution >= 0.6 is 0 Å². The predicted octanol–water partition coefficient (Wildman–Crippen LogP) is 3.69. The minimum atomic E-state index is -0.165. The van der Waals surface area contributed by atoms with E-state index >= 15 is 0 Å². The Kier molecular flexibility index (Phi) is 5.90. The van der Waals surface area contributed by atoms with Crippen molar-refractivity contribution in [2.75, 3.05) is 13.2 Å². The number of hydrogen-bond donors (Lipinski definition) is 1. The molecule has 1 amide bonds. The Morgan fingerprint density at radius 1 is 1.19 bits per heavy atom. The Bertz CT molecular complexity index is 759. The van der Waals surface area contributed by atoms with Crippen molar-refractivity contribution >= 4 is 5.91 Å². The van der Waals surface area contributed by atoms with E-state index in [1.807, 2.05) is 13.0 Å². The number of amides is 1. The number of ether oxygens (including phenoxy) is 1. The smallest absolute Gasteiger partial charge is 0.254 e. The molecule has 1 aromatic carbocycles. The molecule has 0 unspecified atom stereocenters. The normalized spacial score (nSPS) is 21.6. The molecule has 5 nitrogen and oxygen atoms in total. The number of hydrogen-bond acceptors (Lipinski definition) is 4. The van der Waals surface area contributed by atoms with Crippen LogP contribution in [0.1, 0.15) is 61.8 Å². The van der Waals surface area contributed by atoms with Crippen molar-refractivity contribution in [2.24, 2.45) is 0 Å². The Balaban J connectivity index is 1.69. The molecule has 1 fully saturated rings. The van der Waals surface area contributed by atoms with Crippen molar-refractivity contribution in [1.82, 2.24) is 15.3 Å². The van der Waals surface area contributed by atoms with Crippen LogP contribution < -0.4 is 5.32 Å². The highest BCUT2D eigenvalue weighted by Gasteiger charge is 2.41. The molecule has 0 aliphatic carbocycles. The molecule has 0 spiro atoms. The summed E-state index contributed by atoms with van der Waals surface area (Å²) in [7, 11) is 0. The van der Waals surface area contributed by atoms with E-state index < -0.39 is 0 Å². The minimum absolute atomic E-state index is 0.0128. The number of benzene rings is 1. The lowest BCUT2D eigenvalue weighted by Gasteiger charge is -2.45. The summed E-state index contributed by atoms with van der Waals surface area (Å²) in [6.07, 6.45) is 6.75. The highest BCUT2D eigenvalue weighted by molar-refractivity contribution is 5.93. The van der Waals surface area contributed by atoms with Crippen molar-refractivity contribution in [3.05, 3.63) is 59.7 Å². The Hall–Kier alpha value is -2.27. The van der Waals surface area contributed by atoms with Crippen LogP contribution in [0.25, 0.3) is 0 Å². The van der Waals surface area contributed by atoms with Gasteiger partial charge in [0, 0.05) is 37.4 Å². The van der Waals surface area contributed by atoms with Gasteiger partial charge in [0.15, 0.2) is 0 Å². The fraction of sp³-hybridized carbons (Fsp3) is 0.500. The molecule has 2 aromatic rings. The van der Waals surface area contributed by atoms with E-state index in [9.17, 15) is 4.79 Å². The number of aromatic nitrogens is 2. The van der Waals surface area contributed by atoms with Crippen LogP contribution in [0, 0.1) is 0 Å². The van der Waals surface area contributed by atoms with E-state index in [2.05, 4.69) is 53.4 Å². The summed E-state index contributed by atoms with van der Waals surface area (Å²) in [4.78, 5) is 20.9. The van der Waals surface area contributed by atoms with Gasteiger partial charge in [-0.2, -0.15) is 0 Å². The molecular formula is C22H29N3O2. The summed E-state index contributed by atoms with van der Waals surface area (Å²) >= 11 is 0. The molecule has 1 aliphatic heterocycles.